The molecule has 0 saturated carbocycles. The largest absolute Gasteiger partial charge is 0.422 e. The third kappa shape index (κ3) is 4.55. The molecule has 2 amide bonds. The van der Waals surface area contributed by atoms with Gasteiger partial charge in [-0.1, -0.05) is 17.7 Å². The lowest BCUT2D eigenvalue weighted by Crippen LogP contribution is -2.33. The van der Waals surface area contributed by atoms with Gasteiger partial charge in [0, 0.05) is 24.3 Å². The summed E-state index contributed by atoms with van der Waals surface area (Å²) in [7, 11) is -3.85. The van der Waals surface area contributed by atoms with Gasteiger partial charge in [0.15, 0.2) is 0 Å². The zero-order valence-corrected chi connectivity index (χ0v) is 19.1. The fourth-order valence-electron chi connectivity index (χ4n) is 3.53. The van der Waals surface area contributed by atoms with Gasteiger partial charge in [-0.05, 0) is 43.7 Å². The van der Waals surface area contributed by atoms with Crippen LogP contribution in [0.5, 0.6) is 0 Å². The fraction of sp³-hybridized carbons (Fsp3) is 0.217. The van der Waals surface area contributed by atoms with Crippen molar-refractivity contribution < 1.29 is 32.1 Å². The number of carbonyl (C=O) groups excluding carboxylic acids is 3. The number of hydrogen-bond donors (Lipinski definition) is 1. The summed E-state index contributed by atoms with van der Waals surface area (Å²) in [5.74, 6) is -2.21. The first-order valence-corrected chi connectivity index (χ1v) is 11.8. The number of amides is 2. The van der Waals surface area contributed by atoms with E-state index in [9.17, 15) is 27.6 Å². The van der Waals surface area contributed by atoms with Gasteiger partial charge in [0.05, 0.1) is 22.6 Å². The van der Waals surface area contributed by atoms with E-state index in [0.29, 0.717) is 16.0 Å². The minimum atomic E-state index is -3.85. The molecule has 176 valence electrons. The second-order valence-corrected chi connectivity index (χ2v) is 9.53. The standard InChI is InChI=1S/C23H20N2O8S/c1-13-3-6-16(7-4-13)34(30,31)24-15-5-8-17-14(2)18(23(29)32-19(17)11-15)12-22(28)33-25-20(26)9-10-21(25)27/h3-8,11,24H,9-10,12H2,1-2H3. The third-order valence-corrected chi connectivity index (χ3v) is 6.79. The second kappa shape index (κ2) is 8.75. The number of hydroxylamine groups is 2. The van der Waals surface area contributed by atoms with E-state index in [2.05, 4.69) is 4.72 Å². The van der Waals surface area contributed by atoms with Crippen LogP contribution in [0.3, 0.4) is 0 Å². The number of nitrogens with one attached hydrogen (secondary N) is 1. The number of imide groups is 1. The first kappa shape index (κ1) is 23.2. The summed E-state index contributed by atoms with van der Waals surface area (Å²) in [5, 5.41) is 0.890. The molecule has 1 saturated heterocycles. The Morgan fingerprint density at radius 2 is 1.68 bits per heavy atom. The van der Waals surface area contributed by atoms with Crippen molar-refractivity contribution in [2.45, 2.75) is 38.0 Å². The van der Waals surface area contributed by atoms with Gasteiger partial charge in [-0.25, -0.2) is 18.0 Å². The SMILES string of the molecule is Cc1ccc(S(=O)(=O)Nc2ccc3c(C)c(CC(=O)ON4C(=O)CCC4=O)c(=O)oc3c2)cc1. The van der Waals surface area contributed by atoms with Crippen LogP contribution >= 0.6 is 0 Å². The topological polar surface area (TPSA) is 140 Å². The van der Waals surface area contributed by atoms with Gasteiger partial charge in [-0.15, -0.1) is 5.06 Å². The molecule has 3 aromatic rings. The van der Waals surface area contributed by atoms with Crippen LogP contribution in [0, 0.1) is 13.8 Å². The van der Waals surface area contributed by atoms with E-state index >= 15 is 0 Å². The molecule has 0 unspecified atom stereocenters. The minimum Gasteiger partial charge on any atom is -0.422 e. The Morgan fingerprint density at radius 3 is 2.32 bits per heavy atom. The number of rotatable bonds is 6. The van der Waals surface area contributed by atoms with Crippen LogP contribution in [0.1, 0.15) is 29.5 Å². The number of carbonyl (C=O) groups is 3. The Hall–Kier alpha value is -3.99. The number of sulfonamides is 1. The molecule has 1 aliphatic heterocycles. The maximum atomic E-state index is 12.6. The van der Waals surface area contributed by atoms with Crippen LogP contribution in [-0.4, -0.2) is 31.3 Å². The van der Waals surface area contributed by atoms with Crippen LogP contribution in [0.15, 0.2) is 56.6 Å². The highest BCUT2D eigenvalue weighted by Crippen LogP contribution is 2.25. The van der Waals surface area contributed by atoms with Gasteiger partial charge in [0.2, 0.25) is 0 Å². The first-order chi connectivity index (χ1) is 16.0. The molecule has 34 heavy (non-hydrogen) atoms. The summed E-state index contributed by atoms with van der Waals surface area (Å²) in [5.41, 5.74) is 0.835. The predicted molar refractivity (Wildman–Crippen MR) is 120 cm³/mol. The summed E-state index contributed by atoms with van der Waals surface area (Å²) >= 11 is 0. The van der Waals surface area contributed by atoms with Crippen LogP contribution in [-0.2, 0) is 35.7 Å². The minimum absolute atomic E-state index is 0.00424. The lowest BCUT2D eigenvalue weighted by molar-refractivity contribution is -0.197. The molecule has 0 bridgehead atoms. The number of nitrogens with zero attached hydrogens (tertiary/aromatic N) is 1. The summed E-state index contributed by atoms with van der Waals surface area (Å²) in [4.78, 5) is 52.9. The Bertz CT molecular complexity index is 1470. The van der Waals surface area contributed by atoms with Crippen LogP contribution in [0.25, 0.3) is 11.0 Å². The molecule has 1 aliphatic rings. The van der Waals surface area contributed by atoms with Crippen LogP contribution in [0.2, 0.25) is 0 Å². The third-order valence-electron chi connectivity index (χ3n) is 5.39. The van der Waals surface area contributed by atoms with Crippen molar-refractivity contribution in [3.05, 3.63) is 69.6 Å². The summed E-state index contributed by atoms with van der Waals surface area (Å²) in [6, 6.07) is 10.8. The molecule has 1 N–H and O–H groups in total. The lowest BCUT2D eigenvalue weighted by Gasteiger charge is -2.13. The molecule has 0 radical (unpaired) electrons. The molecule has 1 aromatic heterocycles. The van der Waals surface area contributed by atoms with E-state index < -0.39 is 39.9 Å². The number of aryl methyl sites for hydroxylation is 2. The normalized spacial score (nSPS) is 14.0. The quantitative estimate of drug-likeness (QED) is 0.415. The highest BCUT2D eigenvalue weighted by atomic mass is 32.2. The van der Waals surface area contributed by atoms with Gasteiger partial charge in [0.25, 0.3) is 21.8 Å². The zero-order valence-electron chi connectivity index (χ0n) is 18.3. The molecule has 1 fully saturated rings. The molecular formula is C23H20N2O8S. The highest BCUT2D eigenvalue weighted by molar-refractivity contribution is 7.92. The molecule has 0 aliphatic carbocycles. The highest BCUT2D eigenvalue weighted by Gasteiger charge is 2.33. The summed E-state index contributed by atoms with van der Waals surface area (Å²) < 4.78 is 33.0. The monoisotopic (exact) mass is 484 g/mol. The van der Waals surface area contributed by atoms with Crippen LogP contribution < -0.4 is 10.3 Å². The molecule has 10 nitrogen and oxygen atoms in total. The average molecular weight is 484 g/mol. The van der Waals surface area contributed by atoms with E-state index in [1.165, 1.54) is 24.3 Å². The van der Waals surface area contributed by atoms with Crippen molar-refractivity contribution in [3.8, 4) is 0 Å². The van der Waals surface area contributed by atoms with Crippen molar-refractivity contribution >= 4 is 44.5 Å². The molecular weight excluding hydrogens is 464 g/mol. The number of fused-ring (bicyclic) bond motifs is 1. The van der Waals surface area contributed by atoms with Gasteiger partial charge < -0.3 is 9.25 Å². The molecule has 2 heterocycles. The molecule has 2 aromatic carbocycles. The molecule has 0 atom stereocenters. The first-order valence-electron chi connectivity index (χ1n) is 10.3. The van der Waals surface area contributed by atoms with E-state index in [1.54, 1.807) is 25.1 Å². The Kier molecular flexibility index (Phi) is 5.96. The number of benzene rings is 2. The van der Waals surface area contributed by atoms with Gasteiger partial charge in [-0.2, -0.15) is 0 Å². The molecule has 11 heteroatoms. The lowest BCUT2D eigenvalue weighted by atomic mass is 10.0. The Morgan fingerprint density at radius 1 is 1.03 bits per heavy atom. The van der Waals surface area contributed by atoms with E-state index in [4.69, 9.17) is 9.25 Å². The molecule has 0 spiro atoms. The van der Waals surface area contributed by atoms with Gasteiger partial charge in [0.1, 0.15) is 5.58 Å². The summed E-state index contributed by atoms with van der Waals surface area (Å²) in [6.45, 7) is 3.45. The maximum absolute atomic E-state index is 12.6. The van der Waals surface area contributed by atoms with Crippen molar-refractivity contribution in [2.24, 2.45) is 0 Å². The van der Waals surface area contributed by atoms with Gasteiger partial charge >= 0.3 is 11.6 Å². The Labute approximate surface area is 194 Å². The number of hydrogen-bond acceptors (Lipinski definition) is 8. The predicted octanol–water partition coefficient (Wildman–Crippen LogP) is 2.36. The van der Waals surface area contributed by atoms with Crippen molar-refractivity contribution in [2.75, 3.05) is 4.72 Å². The number of anilines is 1. The van der Waals surface area contributed by atoms with E-state index in [1.807, 2.05) is 6.92 Å². The van der Waals surface area contributed by atoms with Crippen molar-refractivity contribution in [1.29, 1.82) is 0 Å². The zero-order chi connectivity index (χ0) is 24.6. The van der Waals surface area contributed by atoms with Crippen LogP contribution in [0.4, 0.5) is 5.69 Å². The molecule has 4 rings (SSSR count). The van der Waals surface area contributed by atoms with E-state index in [0.717, 1.165) is 5.56 Å². The second-order valence-electron chi connectivity index (χ2n) is 7.84. The maximum Gasteiger partial charge on any atom is 0.340 e. The smallest absolute Gasteiger partial charge is 0.340 e. The van der Waals surface area contributed by atoms with E-state index in [-0.39, 0.29) is 34.6 Å². The Balaban J connectivity index is 1.58. The van der Waals surface area contributed by atoms with Gasteiger partial charge in [-0.3, -0.25) is 14.3 Å². The summed E-state index contributed by atoms with van der Waals surface area (Å²) in [6.07, 6.45) is -0.596. The average Bonchev–Trinajstić information content (AvgIpc) is 3.08. The fourth-order valence-corrected chi connectivity index (χ4v) is 4.58. The van der Waals surface area contributed by atoms with Crippen molar-refractivity contribution in [3.63, 3.8) is 0 Å². The van der Waals surface area contributed by atoms with Crippen molar-refractivity contribution in [1.82, 2.24) is 5.06 Å².